The van der Waals surface area contributed by atoms with Gasteiger partial charge >= 0.3 is 0 Å². The van der Waals surface area contributed by atoms with Gasteiger partial charge in [-0.25, -0.2) is 0 Å². The van der Waals surface area contributed by atoms with Gasteiger partial charge < -0.3 is 5.11 Å². The molecule has 0 aromatic rings. The SMILES string of the molecule is O=S(=O)(NC1CC(O)C1)N1CCCC1. The first-order chi connectivity index (χ1) is 6.58. The molecule has 6 heteroatoms. The first-order valence-corrected chi connectivity index (χ1v) is 6.47. The quantitative estimate of drug-likeness (QED) is 0.670. The average molecular weight is 220 g/mol. The number of hydrogen-bond acceptors (Lipinski definition) is 3. The molecule has 0 radical (unpaired) electrons. The second-order valence-corrected chi connectivity index (χ2v) is 5.75. The van der Waals surface area contributed by atoms with Gasteiger partial charge in [0.2, 0.25) is 0 Å². The molecule has 0 aromatic carbocycles. The Labute approximate surface area is 84.3 Å². The fraction of sp³-hybridized carbons (Fsp3) is 1.00. The summed E-state index contributed by atoms with van der Waals surface area (Å²) in [7, 11) is -3.27. The molecule has 0 atom stereocenters. The topological polar surface area (TPSA) is 69.6 Å². The Kier molecular flexibility index (Phi) is 2.79. The smallest absolute Gasteiger partial charge is 0.279 e. The highest BCUT2D eigenvalue weighted by Crippen LogP contribution is 2.21. The van der Waals surface area contributed by atoms with Gasteiger partial charge in [0.25, 0.3) is 10.2 Å². The van der Waals surface area contributed by atoms with E-state index in [1.54, 1.807) is 0 Å². The highest BCUT2D eigenvalue weighted by atomic mass is 32.2. The van der Waals surface area contributed by atoms with Gasteiger partial charge in [0.15, 0.2) is 0 Å². The number of hydrogen-bond donors (Lipinski definition) is 2. The molecule has 1 heterocycles. The van der Waals surface area contributed by atoms with Crippen LogP contribution in [0.4, 0.5) is 0 Å². The lowest BCUT2D eigenvalue weighted by Crippen LogP contribution is -2.51. The molecule has 2 rings (SSSR count). The molecule has 1 aliphatic heterocycles. The fourth-order valence-corrected chi connectivity index (χ4v) is 3.40. The van der Waals surface area contributed by atoms with Crippen molar-refractivity contribution in [2.45, 2.75) is 37.8 Å². The van der Waals surface area contributed by atoms with Gasteiger partial charge in [0.1, 0.15) is 0 Å². The molecule has 0 aromatic heterocycles. The molecule has 0 bridgehead atoms. The van der Waals surface area contributed by atoms with Crippen molar-refractivity contribution in [1.29, 1.82) is 0 Å². The normalized spacial score (nSPS) is 34.4. The second-order valence-electron chi connectivity index (χ2n) is 4.05. The zero-order chi connectivity index (χ0) is 10.2. The summed E-state index contributed by atoms with van der Waals surface area (Å²) in [5.74, 6) is 0. The lowest BCUT2D eigenvalue weighted by molar-refractivity contribution is 0.0706. The number of nitrogens with one attached hydrogen (secondary N) is 1. The maximum atomic E-state index is 11.7. The second kappa shape index (κ2) is 3.77. The molecule has 14 heavy (non-hydrogen) atoms. The molecular weight excluding hydrogens is 204 g/mol. The maximum Gasteiger partial charge on any atom is 0.279 e. The summed E-state index contributed by atoms with van der Waals surface area (Å²) >= 11 is 0. The molecule has 2 fully saturated rings. The first kappa shape index (κ1) is 10.4. The Bertz CT molecular complexity index is 292. The van der Waals surface area contributed by atoms with Crippen molar-refractivity contribution in [3.8, 4) is 0 Å². The molecule has 5 nitrogen and oxygen atoms in total. The highest BCUT2D eigenvalue weighted by molar-refractivity contribution is 7.87. The van der Waals surface area contributed by atoms with Crippen LogP contribution in [-0.2, 0) is 10.2 Å². The molecule has 2 aliphatic rings. The van der Waals surface area contributed by atoms with Gasteiger partial charge in [-0.1, -0.05) is 0 Å². The Hall–Kier alpha value is -0.170. The monoisotopic (exact) mass is 220 g/mol. The van der Waals surface area contributed by atoms with E-state index in [2.05, 4.69) is 4.72 Å². The van der Waals surface area contributed by atoms with Crippen LogP contribution in [0.1, 0.15) is 25.7 Å². The molecular formula is C8H16N2O3S. The highest BCUT2D eigenvalue weighted by Gasteiger charge is 2.33. The first-order valence-electron chi connectivity index (χ1n) is 5.03. The third-order valence-corrected chi connectivity index (χ3v) is 4.51. The average Bonchev–Trinajstić information content (AvgIpc) is 2.52. The van der Waals surface area contributed by atoms with E-state index in [1.165, 1.54) is 4.31 Å². The Morgan fingerprint density at radius 3 is 2.29 bits per heavy atom. The summed E-state index contributed by atoms with van der Waals surface area (Å²) in [4.78, 5) is 0. The number of rotatable bonds is 3. The minimum Gasteiger partial charge on any atom is -0.393 e. The minimum absolute atomic E-state index is 0.0596. The molecule has 0 amide bonds. The minimum atomic E-state index is -3.27. The maximum absolute atomic E-state index is 11.7. The Balaban J connectivity index is 1.89. The van der Waals surface area contributed by atoms with E-state index in [-0.39, 0.29) is 12.1 Å². The predicted octanol–water partition coefficient (Wildman–Crippen LogP) is -0.560. The summed E-state index contributed by atoms with van der Waals surface area (Å²) in [5.41, 5.74) is 0. The van der Waals surface area contributed by atoms with Crippen LogP contribution in [0.3, 0.4) is 0 Å². The van der Waals surface area contributed by atoms with Crippen molar-refractivity contribution in [1.82, 2.24) is 9.03 Å². The predicted molar refractivity (Wildman–Crippen MR) is 51.9 cm³/mol. The third-order valence-electron chi connectivity index (χ3n) is 2.83. The van der Waals surface area contributed by atoms with E-state index in [0.29, 0.717) is 25.9 Å². The van der Waals surface area contributed by atoms with Gasteiger partial charge in [-0.2, -0.15) is 17.4 Å². The summed E-state index contributed by atoms with van der Waals surface area (Å²) in [6.45, 7) is 1.26. The third kappa shape index (κ3) is 2.08. The van der Waals surface area contributed by atoms with Crippen LogP contribution in [0.15, 0.2) is 0 Å². The molecule has 82 valence electrons. The lowest BCUT2D eigenvalue weighted by Gasteiger charge is -2.32. The van der Waals surface area contributed by atoms with E-state index in [0.717, 1.165) is 12.8 Å². The van der Waals surface area contributed by atoms with Gasteiger partial charge in [0, 0.05) is 19.1 Å². The van der Waals surface area contributed by atoms with E-state index >= 15 is 0 Å². The van der Waals surface area contributed by atoms with Gasteiger partial charge in [-0.05, 0) is 25.7 Å². The van der Waals surface area contributed by atoms with E-state index in [1.807, 2.05) is 0 Å². The zero-order valence-electron chi connectivity index (χ0n) is 8.02. The van der Waals surface area contributed by atoms with E-state index in [4.69, 9.17) is 5.11 Å². The fourth-order valence-electron chi connectivity index (χ4n) is 1.90. The summed E-state index contributed by atoms with van der Waals surface area (Å²) < 4.78 is 27.4. The number of aliphatic hydroxyl groups is 1. The molecule has 1 saturated heterocycles. The summed E-state index contributed by atoms with van der Waals surface area (Å²) in [6, 6.07) is -0.0596. The lowest BCUT2D eigenvalue weighted by atomic mass is 9.91. The van der Waals surface area contributed by atoms with Gasteiger partial charge in [-0.15, -0.1) is 0 Å². The molecule has 0 unspecified atom stereocenters. The van der Waals surface area contributed by atoms with Crippen LogP contribution >= 0.6 is 0 Å². The number of aliphatic hydroxyl groups excluding tert-OH is 1. The summed E-state index contributed by atoms with van der Waals surface area (Å²) in [6.07, 6.45) is 2.68. The number of nitrogens with zero attached hydrogens (tertiary/aromatic N) is 1. The standard InChI is InChI=1S/C8H16N2O3S/c11-8-5-7(6-8)9-14(12,13)10-3-1-2-4-10/h7-9,11H,1-6H2. The van der Waals surface area contributed by atoms with E-state index in [9.17, 15) is 8.42 Å². The van der Waals surface area contributed by atoms with Crippen LogP contribution in [0.25, 0.3) is 0 Å². The van der Waals surface area contributed by atoms with Crippen LogP contribution in [-0.4, -0.2) is 43.1 Å². The largest absolute Gasteiger partial charge is 0.393 e. The van der Waals surface area contributed by atoms with Crippen LogP contribution in [0.2, 0.25) is 0 Å². The van der Waals surface area contributed by atoms with Gasteiger partial charge in [-0.3, -0.25) is 0 Å². The molecule has 0 spiro atoms. The zero-order valence-corrected chi connectivity index (χ0v) is 8.83. The molecule has 1 saturated carbocycles. The van der Waals surface area contributed by atoms with Crippen molar-refractivity contribution < 1.29 is 13.5 Å². The van der Waals surface area contributed by atoms with Crippen molar-refractivity contribution in [3.05, 3.63) is 0 Å². The van der Waals surface area contributed by atoms with Crippen molar-refractivity contribution in [2.24, 2.45) is 0 Å². The van der Waals surface area contributed by atoms with Crippen LogP contribution in [0.5, 0.6) is 0 Å². The van der Waals surface area contributed by atoms with Crippen LogP contribution < -0.4 is 4.72 Å². The molecule has 1 aliphatic carbocycles. The van der Waals surface area contributed by atoms with Gasteiger partial charge in [0.05, 0.1) is 6.10 Å². The van der Waals surface area contributed by atoms with Crippen molar-refractivity contribution >= 4 is 10.2 Å². The molecule has 2 N–H and O–H groups in total. The van der Waals surface area contributed by atoms with Crippen molar-refractivity contribution in [3.63, 3.8) is 0 Å². The van der Waals surface area contributed by atoms with Crippen molar-refractivity contribution in [2.75, 3.05) is 13.1 Å². The summed E-state index contributed by atoms with van der Waals surface area (Å²) in [5, 5.41) is 9.03. The van der Waals surface area contributed by atoms with Crippen LogP contribution in [0, 0.1) is 0 Å². The Morgan fingerprint density at radius 2 is 1.79 bits per heavy atom. The van der Waals surface area contributed by atoms with E-state index < -0.39 is 10.2 Å². The Morgan fingerprint density at radius 1 is 1.21 bits per heavy atom.